The van der Waals surface area contributed by atoms with Gasteiger partial charge in [0, 0.05) is 36.6 Å². The molecule has 10 heteroatoms. The summed E-state index contributed by atoms with van der Waals surface area (Å²) in [6, 6.07) is 4.93. The van der Waals surface area contributed by atoms with Gasteiger partial charge in [-0.2, -0.15) is 5.10 Å². The van der Waals surface area contributed by atoms with Crippen molar-refractivity contribution in [2.75, 3.05) is 18.0 Å². The molecule has 0 unspecified atom stereocenters. The maximum atomic E-state index is 13.5. The minimum atomic E-state index is -2.87. The van der Waals surface area contributed by atoms with E-state index in [-0.39, 0.29) is 30.0 Å². The number of hydrogen-bond acceptors (Lipinski definition) is 7. The first-order valence-corrected chi connectivity index (χ1v) is 9.99. The first kappa shape index (κ1) is 21.1. The Morgan fingerprint density at radius 1 is 1.19 bits per heavy atom. The third-order valence-corrected chi connectivity index (χ3v) is 5.15. The van der Waals surface area contributed by atoms with E-state index >= 15 is 0 Å². The molecule has 1 aliphatic heterocycles. The number of halogens is 2. The lowest BCUT2D eigenvalue weighted by Crippen LogP contribution is -2.46. The summed E-state index contributed by atoms with van der Waals surface area (Å²) in [5.41, 5.74) is 1.90. The van der Waals surface area contributed by atoms with Gasteiger partial charge in [-0.25, -0.2) is 13.5 Å². The van der Waals surface area contributed by atoms with E-state index in [0.29, 0.717) is 24.3 Å². The highest BCUT2D eigenvalue weighted by Gasteiger charge is 2.26. The summed E-state index contributed by atoms with van der Waals surface area (Å²) in [6.45, 7) is 6.84. The second-order valence-corrected chi connectivity index (χ2v) is 7.73. The van der Waals surface area contributed by atoms with Gasteiger partial charge in [0.15, 0.2) is 0 Å². The van der Waals surface area contributed by atoms with Gasteiger partial charge in [-0.1, -0.05) is 5.16 Å². The van der Waals surface area contributed by atoms with Crippen LogP contribution in [0.2, 0.25) is 0 Å². The molecule has 1 saturated heterocycles. The second kappa shape index (κ2) is 8.54. The zero-order valence-corrected chi connectivity index (χ0v) is 17.5. The fourth-order valence-electron chi connectivity index (χ4n) is 3.74. The van der Waals surface area contributed by atoms with E-state index in [1.807, 2.05) is 25.7 Å². The molecule has 3 aromatic heterocycles. The third kappa shape index (κ3) is 4.48. The Labute approximate surface area is 177 Å². The largest absolute Gasteiger partial charge is 0.372 e. The maximum Gasteiger partial charge on any atom is 0.298 e. The summed E-state index contributed by atoms with van der Waals surface area (Å²) in [4.78, 5) is 19.0. The molecular weight excluding hydrogens is 408 g/mol. The number of nitrogens with zero attached hydrogens (tertiary/aromatic N) is 5. The highest BCUT2D eigenvalue weighted by Crippen LogP contribution is 2.31. The van der Waals surface area contributed by atoms with Crippen LogP contribution in [0.15, 0.2) is 39.9 Å². The van der Waals surface area contributed by atoms with Crippen LogP contribution in [0.25, 0.3) is 11.3 Å². The van der Waals surface area contributed by atoms with Crippen molar-refractivity contribution in [2.24, 2.45) is 0 Å². The standard InChI is InChI=1S/C21H23F2N5O3/c1-12-4-5-15(7-24-12)19-17(20(21(22)23)31-26-19)11-28-18(29)6-16(8-25-28)27-9-13(2)30-14(3)10-27/h4-8,13-14,21H,9-11H2,1-3H3/t13-,14+. The van der Waals surface area contributed by atoms with Crippen molar-refractivity contribution in [3.8, 4) is 11.3 Å². The Kier molecular flexibility index (Phi) is 5.81. The van der Waals surface area contributed by atoms with E-state index in [4.69, 9.17) is 9.26 Å². The maximum absolute atomic E-state index is 13.5. The van der Waals surface area contributed by atoms with Crippen molar-refractivity contribution in [3.05, 3.63) is 58.0 Å². The summed E-state index contributed by atoms with van der Waals surface area (Å²) < 4.78 is 38.8. The molecule has 0 amide bonds. The monoisotopic (exact) mass is 431 g/mol. The number of hydrogen-bond donors (Lipinski definition) is 0. The second-order valence-electron chi connectivity index (χ2n) is 7.73. The molecule has 0 bridgehead atoms. The molecule has 0 spiro atoms. The van der Waals surface area contributed by atoms with Gasteiger partial charge in [0.1, 0.15) is 5.69 Å². The minimum absolute atomic E-state index is 0.0301. The summed E-state index contributed by atoms with van der Waals surface area (Å²) >= 11 is 0. The van der Waals surface area contributed by atoms with Crippen LogP contribution >= 0.6 is 0 Å². The average Bonchev–Trinajstić information content (AvgIpc) is 3.13. The molecule has 0 N–H and O–H groups in total. The molecule has 0 saturated carbocycles. The van der Waals surface area contributed by atoms with Crippen LogP contribution in [-0.2, 0) is 11.3 Å². The molecule has 0 aromatic carbocycles. The van der Waals surface area contributed by atoms with Crippen molar-refractivity contribution in [1.29, 1.82) is 0 Å². The Hall–Kier alpha value is -3.14. The fourth-order valence-corrected chi connectivity index (χ4v) is 3.74. The van der Waals surface area contributed by atoms with E-state index in [1.54, 1.807) is 18.3 Å². The van der Waals surface area contributed by atoms with E-state index in [9.17, 15) is 13.6 Å². The van der Waals surface area contributed by atoms with Gasteiger partial charge in [0.2, 0.25) is 5.76 Å². The van der Waals surface area contributed by atoms with Gasteiger partial charge < -0.3 is 14.2 Å². The van der Waals surface area contributed by atoms with Crippen LogP contribution in [0.4, 0.5) is 14.5 Å². The number of alkyl halides is 2. The number of rotatable bonds is 5. The first-order chi connectivity index (χ1) is 14.8. The zero-order valence-electron chi connectivity index (χ0n) is 17.5. The van der Waals surface area contributed by atoms with Crippen LogP contribution in [0.5, 0.6) is 0 Å². The molecule has 4 heterocycles. The van der Waals surface area contributed by atoms with Crippen LogP contribution in [0.3, 0.4) is 0 Å². The fraction of sp³-hybridized carbons (Fsp3) is 0.429. The molecule has 0 radical (unpaired) electrons. The molecule has 8 nitrogen and oxygen atoms in total. The Morgan fingerprint density at radius 3 is 2.55 bits per heavy atom. The average molecular weight is 431 g/mol. The van der Waals surface area contributed by atoms with E-state index in [2.05, 4.69) is 15.2 Å². The van der Waals surface area contributed by atoms with Crippen molar-refractivity contribution in [1.82, 2.24) is 19.9 Å². The number of anilines is 1. The molecule has 1 aliphatic rings. The minimum Gasteiger partial charge on any atom is -0.372 e. The smallest absolute Gasteiger partial charge is 0.298 e. The number of aromatic nitrogens is 4. The Morgan fingerprint density at radius 2 is 1.94 bits per heavy atom. The molecule has 1 fully saturated rings. The molecule has 4 rings (SSSR count). The van der Waals surface area contributed by atoms with E-state index in [1.165, 1.54) is 12.3 Å². The number of aryl methyl sites for hydroxylation is 1. The topological polar surface area (TPSA) is 86.3 Å². The number of pyridine rings is 1. The van der Waals surface area contributed by atoms with Crippen LogP contribution < -0.4 is 10.5 Å². The van der Waals surface area contributed by atoms with Crippen LogP contribution in [0, 0.1) is 6.92 Å². The molecule has 164 valence electrons. The third-order valence-electron chi connectivity index (χ3n) is 5.15. The van der Waals surface area contributed by atoms with Gasteiger partial charge in [0.05, 0.1) is 36.2 Å². The SMILES string of the molecule is Cc1ccc(-c2noc(C(F)F)c2Cn2ncc(N3C[C@@H](C)O[C@@H](C)C3)cc2=O)cn1. The molecule has 2 atom stereocenters. The highest BCUT2D eigenvalue weighted by atomic mass is 19.3. The van der Waals surface area contributed by atoms with Crippen molar-refractivity contribution in [2.45, 2.75) is 45.9 Å². The van der Waals surface area contributed by atoms with Gasteiger partial charge in [-0.15, -0.1) is 0 Å². The Bertz CT molecular complexity index is 1100. The molecule has 0 aliphatic carbocycles. The van der Waals surface area contributed by atoms with Gasteiger partial charge in [-0.3, -0.25) is 9.78 Å². The number of morpholine rings is 1. The first-order valence-electron chi connectivity index (χ1n) is 9.99. The van der Waals surface area contributed by atoms with Gasteiger partial charge in [0.25, 0.3) is 12.0 Å². The van der Waals surface area contributed by atoms with E-state index in [0.717, 1.165) is 10.4 Å². The molecule has 3 aromatic rings. The predicted molar refractivity (Wildman–Crippen MR) is 109 cm³/mol. The lowest BCUT2D eigenvalue weighted by molar-refractivity contribution is -0.00525. The van der Waals surface area contributed by atoms with Crippen molar-refractivity contribution >= 4 is 5.69 Å². The number of ether oxygens (including phenoxy) is 1. The summed E-state index contributed by atoms with van der Waals surface area (Å²) in [7, 11) is 0. The summed E-state index contributed by atoms with van der Waals surface area (Å²) in [5, 5.41) is 8.03. The highest BCUT2D eigenvalue weighted by molar-refractivity contribution is 5.62. The lowest BCUT2D eigenvalue weighted by atomic mass is 10.1. The Balaban J connectivity index is 1.65. The van der Waals surface area contributed by atoms with E-state index < -0.39 is 17.7 Å². The van der Waals surface area contributed by atoms with Gasteiger partial charge >= 0.3 is 0 Å². The summed E-state index contributed by atoms with van der Waals surface area (Å²) in [5.74, 6) is -0.579. The van der Waals surface area contributed by atoms with Crippen molar-refractivity contribution in [3.63, 3.8) is 0 Å². The quantitative estimate of drug-likeness (QED) is 0.613. The summed E-state index contributed by atoms with van der Waals surface area (Å²) in [6.07, 6.45) is 0.284. The predicted octanol–water partition coefficient (Wildman–Crippen LogP) is 3.20. The zero-order chi connectivity index (χ0) is 22.1. The van der Waals surface area contributed by atoms with Gasteiger partial charge in [-0.05, 0) is 32.9 Å². The molecular formula is C21H23F2N5O3. The normalized spacial score (nSPS) is 19.2. The molecule has 31 heavy (non-hydrogen) atoms. The van der Waals surface area contributed by atoms with Crippen LogP contribution in [0.1, 0.15) is 37.3 Å². The van der Waals surface area contributed by atoms with Crippen molar-refractivity contribution < 1.29 is 18.0 Å². The lowest BCUT2D eigenvalue weighted by Gasteiger charge is -2.36. The van der Waals surface area contributed by atoms with Crippen LogP contribution in [-0.4, -0.2) is 45.2 Å².